The van der Waals surface area contributed by atoms with Crippen LogP contribution < -0.4 is 21.7 Å². The van der Waals surface area contributed by atoms with Gasteiger partial charge in [-0.1, -0.05) is 48.0 Å². The van der Waals surface area contributed by atoms with E-state index >= 15 is 0 Å². The summed E-state index contributed by atoms with van der Waals surface area (Å²) in [7, 11) is 0. The Bertz CT molecular complexity index is 2210. The summed E-state index contributed by atoms with van der Waals surface area (Å²) in [5, 5.41) is 11.8. The molecule has 2 saturated carbocycles. The largest absolute Gasteiger partial charge is 0.367 e. The molecule has 0 radical (unpaired) electrons. The standard InChI is InChI=1S/C19H18N4O.C16H12ClN3O.C3H7N/c24-19-14-10-16(22-15(14)8-9-20-19)13-3-1-2-11-4-7-17(23-18(11)13)21-12-5-6-12;17-14-5-4-9-2-1-3-10(15(9)20-14)13-8-11-12(19-13)6-7-18-16(11)21;4-3-1-2-3/h1-4,7,10,12,22H,5-6,8-9H2,(H,20,24)(H,21,23);1-5,8,19H,6-7H2,(H,18,21);3H,1-2,4H2. The maximum Gasteiger partial charge on any atom is 0.253 e. The van der Waals surface area contributed by atoms with E-state index in [-0.39, 0.29) is 11.8 Å². The van der Waals surface area contributed by atoms with Gasteiger partial charge in [-0.3, -0.25) is 9.59 Å². The van der Waals surface area contributed by atoms with Crippen molar-refractivity contribution in [2.24, 2.45) is 5.73 Å². The highest BCUT2D eigenvalue weighted by atomic mass is 35.5. The zero-order chi connectivity index (χ0) is 33.5. The molecule has 4 aromatic heterocycles. The molecule has 0 bridgehead atoms. The van der Waals surface area contributed by atoms with Crippen molar-refractivity contribution in [1.29, 1.82) is 0 Å². The zero-order valence-corrected chi connectivity index (χ0v) is 27.7. The number of halogens is 1. The maximum atomic E-state index is 12.0. The number of nitrogens with one attached hydrogen (secondary N) is 5. The molecule has 248 valence electrons. The Morgan fingerprint density at radius 2 is 1.20 bits per heavy atom. The molecule has 2 aliphatic heterocycles. The lowest BCUT2D eigenvalue weighted by Crippen LogP contribution is -2.31. The van der Waals surface area contributed by atoms with Crippen LogP contribution in [0.5, 0.6) is 0 Å². The summed E-state index contributed by atoms with van der Waals surface area (Å²) < 4.78 is 0. The summed E-state index contributed by atoms with van der Waals surface area (Å²) in [5.41, 5.74) is 14.3. The van der Waals surface area contributed by atoms with Crippen LogP contribution in [-0.2, 0) is 12.8 Å². The number of carbonyl (C=O) groups is 2. The van der Waals surface area contributed by atoms with Crippen LogP contribution in [0.3, 0.4) is 0 Å². The summed E-state index contributed by atoms with van der Waals surface area (Å²) in [6, 6.07) is 25.0. The van der Waals surface area contributed by atoms with Gasteiger partial charge in [0.05, 0.1) is 22.2 Å². The molecule has 6 aromatic rings. The molecule has 0 spiro atoms. The molecule has 11 heteroatoms. The lowest BCUT2D eigenvalue weighted by molar-refractivity contribution is 0.0937. The van der Waals surface area contributed by atoms with E-state index in [1.54, 1.807) is 6.07 Å². The van der Waals surface area contributed by atoms with Crippen LogP contribution in [0.1, 0.15) is 57.8 Å². The van der Waals surface area contributed by atoms with Crippen LogP contribution in [-0.4, -0.2) is 56.9 Å². The van der Waals surface area contributed by atoms with Crippen molar-refractivity contribution < 1.29 is 9.59 Å². The number of hydrogen-bond donors (Lipinski definition) is 6. The van der Waals surface area contributed by atoms with Gasteiger partial charge in [0.15, 0.2) is 0 Å². The van der Waals surface area contributed by atoms with Gasteiger partial charge in [0.1, 0.15) is 11.0 Å². The summed E-state index contributed by atoms with van der Waals surface area (Å²) >= 11 is 6.02. The number of rotatable bonds is 4. The fourth-order valence-electron chi connectivity index (χ4n) is 6.20. The Morgan fingerprint density at radius 3 is 1.71 bits per heavy atom. The van der Waals surface area contributed by atoms with Gasteiger partial charge in [-0.05, 0) is 62.1 Å². The molecule has 0 unspecified atom stereocenters. The van der Waals surface area contributed by atoms with E-state index in [0.29, 0.717) is 30.3 Å². The summed E-state index contributed by atoms with van der Waals surface area (Å²) in [6.45, 7) is 1.36. The predicted octanol–water partition coefficient (Wildman–Crippen LogP) is 6.37. The molecule has 7 N–H and O–H groups in total. The van der Waals surface area contributed by atoms with Gasteiger partial charge in [-0.25, -0.2) is 9.97 Å². The molecule has 49 heavy (non-hydrogen) atoms. The first-order valence-electron chi connectivity index (χ1n) is 16.9. The lowest BCUT2D eigenvalue weighted by Gasteiger charge is -2.11. The van der Waals surface area contributed by atoms with Crippen LogP contribution in [0.25, 0.3) is 44.3 Å². The van der Waals surface area contributed by atoms with Crippen LogP contribution in [0.15, 0.2) is 72.8 Å². The molecular formula is C38H37ClN8O2. The van der Waals surface area contributed by atoms with Crippen molar-refractivity contribution in [3.8, 4) is 22.5 Å². The van der Waals surface area contributed by atoms with Gasteiger partial charge in [0.25, 0.3) is 11.8 Å². The monoisotopic (exact) mass is 672 g/mol. The highest BCUT2D eigenvalue weighted by Gasteiger charge is 2.23. The average molecular weight is 673 g/mol. The number of H-pyrrole nitrogens is 2. The Hall–Kier alpha value is -5.19. The highest BCUT2D eigenvalue weighted by Crippen LogP contribution is 2.32. The first kappa shape index (κ1) is 31.1. The number of anilines is 1. The van der Waals surface area contributed by atoms with Crippen LogP contribution >= 0.6 is 11.6 Å². The molecule has 0 saturated heterocycles. The summed E-state index contributed by atoms with van der Waals surface area (Å²) in [5.74, 6) is 0.902. The smallest absolute Gasteiger partial charge is 0.253 e. The minimum absolute atomic E-state index is 0.00281. The van der Waals surface area contributed by atoms with Crippen LogP contribution in [0.2, 0.25) is 5.15 Å². The van der Waals surface area contributed by atoms with E-state index < -0.39 is 0 Å². The van der Waals surface area contributed by atoms with Crippen LogP contribution in [0, 0.1) is 0 Å². The maximum absolute atomic E-state index is 12.0. The SMILES string of the molecule is NC1CC1.O=C1NCCc2[nH]c(-c3cccc4ccc(Cl)nc34)cc21.O=C1NCCc2[nH]c(-c3cccc4ccc(NC5CC5)nc34)cc21. The Kier molecular flexibility index (Phi) is 8.26. The number of pyridine rings is 2. The quantitative estimate of drug-likeness (QED) is 0.120. The Labute approximate surface area is 288 Å². The number of fused-ring (bicyclic) bond motifs is 4. The van der Waals surface area contributed by atoms with Crippen molar-refractivity contribution >= 4 is 51.0 Å². The summed E-state index contributed by atoms with van der Waals surface area (Å²) in [6.07, 6.45) is 6.63. The first-order chi connectivity index (χ1) is 23.9. The van der Waals surface area contributed by atoms with E-state index in [9.17, 15) is 9.59 Å². The number of para-hydroxylation sites is 2. The van der Waals surface area contributed by atoms with E-state index in [0.717, 1.165) is 85.5 Å². The summed E-state index contributed by atoms with van der Waals surface area (Å²) in [4.78, 5) is 39.9. The molecule has 2 aliphatic carbocycles. The third-order valence-electron chi connectivity index (χ3n) is 9.15. The zero-order valence-electron chi connectivity index (χ0n) is 26.9. The Morgan fingerprint density at radius 1 is 0.673 bits per heavy atom. The molecule has 4 aliphatic rings. The highest BCUT2D eigenvalue weighted by molar-refractivity contribution is 6.29. The normalized spacial score (nSPS) is 16.4. The van der Waals surface area contributed by atoms with Gasteiger partial charge in [-0.2, -0.15) is 0 Å². The fourth-order valence-corrected chi connectivity index (χ4v) is 6.34. The van der Waals surface area contributed by atoms with Crippen molar-refractivity contribution in [2.45, 2.75) is 50.6 Å². The number of nitrogens with two attached hydrogens (primary N) is 1. The minimum Gasteiger partial charge on any atom is -0.367 e. The van der Waals surface area contributed by atoms with Gasteiger partial charge < -0.3 is 31.7 Å². The van der Waals surface area contributed by atoms with Gasteiger partial charge in [0.2, 0.25) is 0 Å². The third kappa shape index (κ3) is 6.75. The van der Waals surface area contributed by atoms with E-state index in [4.69, 9.17) is 22.3 Å². The van der Waals surface area contributed by atoms with Gasteiger partial charge >= 0.3 is 0 Å². The van der Waals surface area contributed by atoms with Crippen molar-refractivity contribution in [2.75, 3.05) is 18.4 Å². The second kappa shape index (κ2) is 13.0. The van der Waals surface area contributed by atoms with Crippen molar-refractivity contribution in [3.63, 3.8) is 0 Å². The molecular weight excluding hydrogens is 636 g/mol. The van der Waals surface area contributed by atoms with Gasteiger partial charge in [0, 0.05) is 82.7 Å². The minimum atomic E-state index is -0.0232. The third-order valence-corrected chi connectivity index (χ3v) is 9.36. The van der Waals surface area contributed by atoms with Crippen molar-refractivity contribution in [1.82, 2.24) is 30.6 Å². The van der Waals surface area contributed by atoms with E-state index in [1.165, 1.54) is 25.7 Å². The average Bonchev–Trinajstić information content (AvgIpc) is 4.00. The molecule has 10 nitrogen and oxygen atoms in total. The second-order valence-electron chi connectivity index (χ2n) is 13.0. The molecule has 6 heterocycles. The van der Waals surface area contributed by atoms with Gasteiger partial charge in [-0.15, -0.1) is 0 Å². The molecule has 2 fully saturated rings. The number of benzene rings is 2. The number of nitrogens with zero attached hydrogens (tertiary/aromatic N) is 2. The number of hydrogen-bond acceptors (Lipinski definition) is 6. The fraction of sp³-hybridized carbons (Fsp3) is 0.263. The topological polar surface area (TPSA) is 154 Å². The molecule has 10 rings (SSSR count). The first-order valence-corrected chi connectivity index (χ1v) is 17.3. The molecule has 0 atom stereocenters. The number of amides is 2. The van der Waals surface area contributed by atoms with E-state index in [1.807, 2.05) is 48.5 Å². The number of aromatic amines is 2. The predicted molar refractivity (Wildman–Crippen MR) is 194 cm³/mol. The number of aromatic nitrogens is 4. The van der Waals surface area contributed by atoms with Crippen molar-refractivity contribution in [3.05, 3.63) is 100 Å². The molecule has 2 amide bonds. The van der Waals surface area contributed by atoms with E-state index in [2.05, 4.69) is 49.1 Å². The Balaban J connectivity index is 0.000000129. The second-order valence-corrected chi connectivity index (χ2v) is 13.4. The number of carbonyl (C=O) groups excluding carboxylic acids is 2. The van der Waals surface area contributed by atoms with Crippen LogP contribution in [0.4, 0.5) is 5.82 Å². The molecule has 2 aromatic carbocycles. The lowest BCUT2D eigenvalue weighted by atomic mass is 10.1.